The molecular weight excluding hydrogens is 280 g/mol. The molecule has 0 bridgehead atoms. The predicted octanol–water partition coefficient (Wildman–Crippen LogP) is 2.22. The number of ether oxygens (including phenoxy) is 2. The van der Waals surface area contributed by atoms with Crippen molar-refractivity contribution in [1.82, 2.24) is 5.32 Å². The van der Waals surface area contributed by atoms with Crippen LogP contribution in [-0.2, 0) is 4.79 Å². The van der Waals surface area contributed by atoms with Crippen LogP contribution in [0.4, 0.5) is 5.69 Å². The van der Waals surface area contributed by atoms with Crippen LogP contribution in [0.15, 0.2) is 23.3 Å². The van der Waals surface area contributed by atoms with Gasteiger partial charge in [0.15, 0.2) is 0 Å². The van der Waals surface area contributed by atoms with Crippen LogP contribution in [0.25, 0.3) is 0 Å². The molecule has 1 saturated heterocycles. The molecule has 0 aromatic heterocycles. The number of nitrogens with one attached hydrogen (secondary N) is 2. The maximum atomic E-state index is 12.2. The molecule has 1 aliphatic heterocycles. The maximum absolute atomic E-state index is 12.2. The normalized spacial score (nSPS) is 13.5. The van der Waals surface area contributed by atoms with Crippen LogP contribution in [0.3, 0.4) is 0 Å². The molecule has 1 aliphatic rings. The first-order valence-corrected chi connectivity index (χ1v) is 6.56. The van der Waals surface area contributed by atoms with Gasteiger partial charge in [-0.25, -0.2) is 0 Å². The largest absolute Gasteiger partial charge is 0.495 e. The van der Waals surface area contributed by atoms with Crippen molar-refractivity contribution < 1.29 is 14.3 Å². The van der Waals surface area contributed by atoms with Crippen molar-refractivity contribution in [3.8, 4) is 11.5 Å². The standard InChI is InChI=1S/C14H17ClN2O3/c1-8(9-6-16-7-9)14(18)17-11-4-10(15)12(19-2)5-13(11)20-3/h4-5,16H,6-7H2,1-3H3,(H,17,18). The van der Waals surface area contributed by atoms with Crippen LogP contribution < -0.4 is 20.1 Å². The van der Waals surface area contributed by atoms with Gasteiger partial charge in [-0.3, -0.25) is 4.79 Å². The van der Waals surface area contributed by atoms with Crippen molar-refractivity contribution in [2.24, 2.45) is 0 Å². The molecular formula is C14H17ClN2O3. The minimum atomic E-state index is -0.152. The molecule has 0 radical (unpaired) electrons. The summed E-state index contributed by atoms with van der Waals surface area (Å²) in [5.74, 6) is 0.852. The van der Waals surface area contributed by atoms with Gasteiger partial charge in [0.1, 0.15) is 11.5 Å². The van der Waals surface area contributed by atoms with Crippen LogP contribution in [0.5, 0.6) is 11.5 Å². The number of carbonyl (C=O) groups is 1. The molecule has 6 heteroatoms. The third-order valence-electron chi connectivity index (χ3n) is 3.27. The Morgan fingerprint density at radius 1 is 1.25 bits per heavy atom. The first-order chi connectivity index (χ1) is 9.56. The number of hydrogen-bond acceptors (Lipinski definition) is 4. The maximum Gasteiger partial charge on any atom is 0.251 e. The lowest BCUT2D eigenvalue weighted by molar-refractivity contribution is -0.112. The number of carbonyl (C=O) groups excluding carboxylic acids is 1. The zero-order valence-corrected chi connectivity index (χ0v) is 12.4. The molecule has 0 unspecified atom stereocenters. The quantitative estimate of drug-likeness (QED) is 0.837. The number of halogens is 1. The van der Waals surface area contributed by atoms with Gasteiger partial charge in [-0.05, 0) is 18.6 Å². The number of hydrogen-bond donors (Lipinski definition) is 2. The smallest absolute Gasteiger partial charge is 0.251 e. The summed E-state index contributed by atoms with van der Waals surface area (Å²) in [4.78, 5) is 12.2. The summed E-state index contributed by atoms with van der Waals surface area (Å²) in [6.07, 6.45) is 0. The average Bonchev–Trinajstić information content (AvgIpc) is 2.37. The summed E-state index contributed by atoms with van der Waals surface area (Å²) < 4.78 is 10.4. The third-order valence-corrected chi connectivity index (χ3v) is 3.57. The molecule has 1 aromatic carbocycles. The van der Waals surface area contributed by atoms with E-state index < -0.39 is 0 Å². The predicted molar refractivity (Wildman–Crippen MR) is 78.8 cm³/mol. The van der Waals surface area contributed by atoms with Crippen LogP contribution in [0.2, 0.25) is 5.02 Å². The Labute approximate surface area is 122 Å². The van der Waals surface area contributed by atoms with E-state index in [1.807, 2.05) is 6.92 Å². The SMILES string of the molecule is COc1cc(OC)c(NC(=O)C(C)=C2CNC2)cc1Cl. The molecule has 20 heavy (non-hydrogen) atoms. The van der Waals surface area contributed by atoms with E-state index in [1.54, 1.807) is 12.1 Å². The van der Waals surface area contributed by atoms with Crippen LogP contribution >= 0.6 is 11.6 Å². The van der Waals surface area contributed by atoms with Crippen molar-refractivity contribution in [3.63, 3.8) is 0 Å². The summed E-state index contributed by atoms with van der Waals surface area (Å²) in [7, 11) is 3.05. The highest BCUT2D eigenvalue weighted by molar-refractivity contribution is 6.32. The summed E-state index contributed by atoms with van der Waals surface area (Å²) in [6, 6.07) is 3.26. The van der Waals surface area contributed by atoms with Gasteiger partial charge in [-0.15, -0.1) is 0 Å². The monoisotopic (exact) mass is 296 g/mol. The molecule has 0 aliphatic carbocycles. The van der Waals surface area contributed by atoms with Gasteiger partial charge in [0, 0.05) is 24.7 Å². The Balaban J connectivity index is 2.24. The lowest BCUT2D eigenvalue weighted by Crippen LogP contribution is -2.36. The molecule has 1 aromatic rings. The molecule has 0 spiro atoms. The van der Waals surface area contributed by atoms with E-state index in [0.717, 1.165) is 24.2 Å². The van der Waals surface area contributed by atoms with Crippen molar-refractivity contribution in [2.75, 3.05) is 32.6 Å². The molecule has 0 atom stereocenters. The van der Waals surface area contributed by atoms with Gasteiger partial charge in [0.05, 0.1) is 24.9 Å². The van der Waals surface area contributed by atoms with Gasteiger partial charge in [-0.1, -0.05) is 11.6 Å². The van der Waals surface area contributed by atoms with Crippen LogP contribution in [0, 0.1) is 0 Å². The zero-order chi connectivity index (χ0) is 14.7. The van der Waals surface area contributed by atoms with Crippen molar-refractivity contribution >= 4 is 23.2 Å². The lowest BCUT2D eigenvalue weighted by Gasteiger charge is -2.21. The summed E-state index contributed by atoms with van der Waals surface area (Å²) >= 11 is 6.07. The molecule has 5 nitrogen and oxygen atoms in total. The summed E-state index contributed by atoms with van der Waals surface area (Å²) in [5, 5.41) is 6.34. The minimum absolute atomic E-state index is 0.152. The molecule has 1 heterocycles. The highest BCUT2D eigenvalue weighted by Crippen LogP contribution is 2.36. The van der Waals surface area contributed by atoms with E-state index in [0.29, 0.717) is 22.2 Å². The Morgan fingerprint density at radius 2 is 1.90 bits per heavy atom. The second-order valence-electron chi connectivity index (χ2n) is 4.47. The lowest BCUT2D eigenvalue weighted by atomic mass is 10.0. The summed E-state index contributed by atoms with van der Waals surface area (Å²) in [5.41, 5.74) is 2.36. The van der Waals surface area contributed by atoms with E-state index in [9.17, 15) is 4.79 Å². The van der Waals surface area contributed by atoms with E-state index >= 15 is 0 Å². The highest BCUT2D eigenvalue weighted by atomic mass is 35.5. The second kappa shape index (κ2) is 6.15. The number of anilines is 1. The van der Waals surface area contributed by atoms with Crippen LogP contribution in [-0.4, -0.2) is 33.2 Å². The molecule has 1 amide bonds. The topological polar surface area (TPSA) is 59.6 Å². The number of benzene rings is 1. The number of rotatable bonds is 4. The van der Waals surface area contributed by atoms with Gasteiger partial charge >= 0.3 is 0 Å². The number of amides is 1. The minimum Gasteiger partial charge on any atom is -0.495 e. The fourth-order valence-electron chi connectivity index (χ4n) is 1.85. The fourth-order valence-corrected chi connectivity index (χ4v) is 2.09. The average molecular weight is 297 g/mol. The van der Waals surface area contributed by atoms with Gasteiger partial charge in [-0.2, -0.15) is 0 Å². The summed E-state index contributed by atoms with van der Waals surface area (Å²) in [6.45, 7) is 3.34. The Bertz CT molecular complexity index is 564. The fraction of sp³-hybridized carbons (Fsp3) is 0.357. The van der Waals surface area contributed by atoms with Gasteiger partial charge in [0.25, 0.3) is 5.91 Å². The van der Waals surface area contributed by atoms with E-state index in [2.05, 4.69) is 10.6 Å². The Morgan fingerprint density at radius 3 is 2.40 bits per heavy atom. The second-order valence-corrected chi connectivity index (χ2v) is 4.88. The van der Waals surface area contributed by atoms with Crippen LogP contribution in [0.1, 0.15) is 6.92 Å². The first-order valence-electron chi connectivity index (χ1n) is 6.19. The first kappa shape index (κ1) is 14.7. The van der Waals surface area contributed by atoms with Gasteiger partial charge < -0.3 is 20.1 Å². The van der Waals surface area contributed by atoms with E-state index in [1.165, 1.54) is 14.2 Å². The molecule has 1 fully saturated rings. The number of methoxy groups -OCH3 is 2. The molecule has 0 saturated carbocycles. The molecule has 2 N–H and O–H groups in total. The Kier molecular flexibility index (Phi) is 4.52. The molecule has 108 valence electrons. The van der Waals surface area contributed by atoms with Crippen molar-refractivity contribution in [2.45, 2.75) is 6.92 Å². The van der Waals surface area contributed by atoms with E-state index in [4.69, 9.17) is 21.1 Å². The molecule has 2 rings (SSSR count). The zero-order valence-electron chi connectivity index (χ0n) is 11.7. The highest BCUT2D eigenvalue weighted by Gasteiger charge is 2.18. The van der Waals surface area contributed by atoms with E-state index in [-0.39, 0.29) is 5.91 Å². The van der Waals surface area contributed by atoms with Gasteiger partial charge in [0.2, 0.25) is 0 Å². The third kappa shape index (κ3) is 2.89. The van der Waals surface area contributed by atoms with Crippen molar-refractivity contribution in [3.05, 3.63) is 28.3 Å². The van der Waals surface area contributed by atoms with Crippen molar-refractivity contribution in [1.29, 1.82) is 0 Å². The Hall–Kier alpha value is -1.72.